The first kappa shape index (κ1) is 25.7. The Bertz CT molecular complexity index is 1670. The van der Waals surface area contributed by atoms with E-state index in [0.717, 1.165) is 23.3 Å². The van der Waals surface area contributed by atoms with E-state index in [1.54, 1.807) is 11.3 Å². The average Bonchev–Trinajstić information content (AvgIpc) is 3.23. The van der Waals surface area contributed by atoms with Crippen LogP contribution in [0.1, 0.15) is 52.8 Å². The first-order valence-corrected chi connectivity index (χ1v) is 13.7. The second kappa shape index (κ2) is 10.1. The van der Waals surface area contributed by atoms with Crippen molar-refractivity contribution in [2.75, 3.05) is 0 Å². The van der Waals surface area contributed by atoms with Crippen molar-refractivity contribution in [1.29, 1.82) is 0 Å². The maximum atomic E-state index is 5.24. The molecule has 1 fully saturated rings. The zero-order valence-electron chi connectivity index (χ0n) is 21.9. The molecule has 0 amide bonds. The minimum atomic E-state index is 0. The lowest BCUT2D eigenvalue weighted by molar-refractivity contribution is 0.290. The molecule has 188 valence electrons. The van der Waals surface area contributed by atoms with Gasteiger partial charge in [0.15, 0.2) is 4.80 Å². The number of hydrogen-bond acceptors (Lipinski definition) is 2. The fourth-order valence-corrected chi connectivity index (χ4v) is 6.75. The largest absolute Gasteiger partial charge is 0.288 e. The summed E-state index contributed by atoms with van der Waals surface area (Å²) >= 11 is 1.76. The van der Waals surface area contributed by atoms with E-state index in [0.29, 0.717) is 0 Å². The summed E-state index contributed by atoms with van der Waals surface area (Å²) in [6.07, 6.45) is 3.57. The monoisotopic (exact) mass is 568 g/mol. The van der Waals surface area contributed by atoms with Crippen molar-refractivity contribution in [3.63, 3.8) is 0 Å². The summed E-state index contributed by atoms with van der Waals surface area (Å²) in [5.74, 6) is 0. The lowest BCUT2D eigenvalue weighted by atomic mass is 9.62. The number of fused-ring (bicyclic) bond motifs is 1. The number of benzene rings is 4. The van der Waals surface area contributed by atoms with E-state index < -0.39 is 0 Å². The summed E-state index contributed by atoms with van der Waals surface area (Å²) in [7, 11) is 0. The second-order valence-corrected chi connectivity index (χ2v) is 11.3. The minimum absolute atomic E-state index is 0. The van der Waals surface area contributed by atoms with Gasteiger partial charge in [0, 0.05) is 16.5 Å². The van der Waals surface area contributed by atoms with Crippen LogP contribution in [0.2, 0.25) is 0 Å². The lowest BCUT2D eigenvalue weighted by Crippen LogP contribution is -2.38. The molecule has 5 aromatic rings. The maximum absolute atomic E-state index is 5.24. The molecular formula is C33H33BrN2S. The molecule has 0 bridgehead atoms. The van der Waals surface area contributed by atoms with E-state index in [1.807, 2.05) is 0 Å². The van der Waals surface area contributed by atoms with Crippen molar-refractivity contribution in [1.82, 2.24) is 4.57 Å². The first-order valence-electron chi connectivity index (χ1n) is 12.8. The third kappa shape index (κ3) is 4.51. The van der Waals surface area contributed by atoms with Crippen LogP contribution in [0.5, 0.6) is 0 Å². The molecule has 0 aliphatic heterocycles. The second-order valence-electron chi connectivity index (χ2n) is 10.4. The summed E-state index contributed by atoms with van der Waals surface area (Å²) < 4.78 is 2.45. The van der Waals surface area contributed by atoms with Gasteiger partial charge in [-0.25, -0.2) is 4.99 Å². The normalized spacial score (nSPS) is 14.9. The smallest absolute Gasteiger partial charge is 0.194 e. The number of nitrogens with zero attached hydrogens (tertiary/aromatic N) is 2. The van der Waals surface area contributed by atoms with Crippen molar-refractivity contribution in [2.45, 2.75) is 52.4 Å². The Labute approximate surface area is 234 Å². The van der Waals surface area contributed by atoms with Crippen molar-refractivity contribution in [3.05, 3.63) is 123 Å². The quantitative estimate of drug-likeness (QED) is 0.205. The van der Waals surface area contributed by atoms with Crippen LogP contribution in [0.3, 0.4) is 0 Å². The van der Waals surface area contributed by atoms with Crippen molar-refractivity contribution < 1.29 is 0 Å². The molecule has 1 aliphatic carbocycles. The van der Waals surface area contributed by atoms with Crippen LogP contribution >= 0.6 is 28.3 Å². The number of halogens is 1. The molecular weight excluding hydrogens is 536 g/mol. The maximum Gasteiger partial charge on any atom is 0.194 e. The Morgan fingerprint density at radius 2 is 1.46 bits per heavy atom. The highest BCUT2D eigenvalue weighted by molar-refractivity contribution is 8.93. The van der Waals surface area contributed by atoms with Crippen molar-refractivity contribution >= 4 is 44.8 Å². The van der Waals surface area contributed by atoms with Gasteiger partial charge in [0.05, 0.1) is 11.4 Å². The Morgan fingerprint density at radius 1 is 0.757 bits per heavy atom. The van der Waals surface area contributed by atoms with Gasteiger partial charge in [-0.2, -0.15) is 0 Å². The molecule has 0 spiro atoms. The molecule has 1 heterocycles. The molecule has 1 aliphatic rings. The van der Waals surface area contributed by atoms with Gasteiger partial charge in [-0.05, 0) is 80.1 Å². The topological polar surface area (TPSA) is 17.3 Å². The SMILES string of the molecule is Br.Cc1ccc(N=c2scc(C3(c4ccc5ccccc5c4)CCC3)n2-c2ccc(C)cc2C)c(C)c1. The third-order valence-corrected chi connectivity index (χ3v) is 8.70. The Morgan fingerprint density at radius 3 is 2.14 bits per heavy atom. The van der Waals surface area contributed by atoms with E-state index in [9.17, 15) is 0 Å². The number of thiazole rings is 1. The van der Waals surface area contributed by atoms with Crippen molar-refractivity contribution in [3.8, 4) is 5.69 Å². The van der Waals surface area contributed by atoms with Crippen LogP contribution in [0.4, 0.5) is 5.69 Å². The predicted octanol–water partition coefficient (Wildman–Crippen LogP) is 9.21. The summed E-state index contributed by atoms with van der Waals surface area (Å²) in [6, 6.07) is 29.1. The van der Waals surface area contributed by atoms with Crippen LogP contribution < -0.4 is 4.80 Å². The molecule has 1 saturated carbocycles. The molecule has 6 rings (SSSR count). The Balaban J connectivity index is 0.00000280. The highest BCUT2D eigenvalue weighted by Gasteiger charge is 2.43. The predicted molar refractivity (Wildman–Crippen MR) is 163 cm³/mol. The average molecular weight is 570 g/mol. The summed E-state index contributed by atoms with van der Waals surface area (Å²) in [5.41, 5.74) is 10.1. The van der Waals surface area contributed by atoms with Gasteiger partial charge in [0.1, 0.15) is 0 Å². The van der Waals surface area contributed by atoms with Gasteiger partial charge in [-0.1, -0.05) is 84.3 Å². The van der Waals surface area contributed by atoms with Gasteiger partial charge in [0.25, 0.3) is 0 Å². The van der Waals surface area contributed by atoms with E-state index in [2.05, 4.69) is 117 Å². The van der Waals surface area contributed by atoms with Gasteiger partial charge in [0.2, 0.25) is 0 Å². The van der Waals surface area contributed by atoms with Gasteiger partial charge >= 0.3 is 0 Å². The molecule has 1 aromatic heterocycles. The molecule has 4 heteroatoms. The zero-order valence-corrected chi connectivity index (χ0v) is 24.4. The van der Waals surface area contributed by atoms with Gasteiger partial charge in [-0.3, -0.25) is 4.57 Å². The van der Waals surface area contributed by atoms with Crippen LogP contribution in [0.15, 0.2) is 89.2 Å². The molecule has 4 aromatic carbocycles. The zero-order chi connectivity index (χ0) is 24.9. The van der Waals surface area contributed by atoms with Crippen LogP contribution in [-0.4, -0.2) is 4.57 Å². The van der Waals surface area contributed by atoms with Gasteiger partial charge in [-0.15, -0.1) is 28.3 Å². The fraction of sp³-hybridized carbons (Fsp3) is 0.242. The highest BCUT2D eigenvalue weighted by atomic mass is 79.9. The molecule has 37 heavy (non-hydrogen) atoms. The Hall–Kier alpha value is -2.95. The number of aryl methyl sites for hydroxylation is 4. The number of hydrogen-bond donors (Lipinski definition) is 0. The van der Waals surface area contributed by atoms with Crippen LogP contribution in [0, 0.1) is 27.7 Å². The van der Waals surface area contributed by atoms with E-state index in [1.165, 1.54) is 56.4 Å². The van der Waals surface area contributed by atoms with E-state index in [-0.39, 0.29) is 22.4 Å². The van der Waals surface area contributed by atoms with Crippen LogP contribution in [0.25, 0.3) is 16.5 Å². The number of rotatable bonds is 4. The molecule has 2 nitrogen and oxygen atoms in total. The molecule has 0 radical (unpaired) electrons. The standard InChI is InChI=1S/C33H32N2S.BrH/c1-22-10-14-29(24(3)18-22)34-32-35(30-15-11-23(2)19-25(30)4)31(21-36-32)33(16-7-17-33)28-13-12-26-8-5-6-9-27(26)20-28;/h5-6,8-15,18-21H,7,16-17H2,1-4H3;1H. The summed E-state index contributed by atoms with van der Waals surface area (Å²) in [4.78, 5) is 6.28. The number of aromatic nitrogens is 1. The molecule has 0 atom stereocenters. The molecule has 0 N–H and O–H groups in total. The van der Waals surface area contributed by atoms with Crippen molar-refractivity contribution in [2.24, 2.45) is 4.99 Å². The van der Waals surface area contributed by atoms with Crippen LogP contribution in [-0.2, 0) is 5.41 Å². The molecule has 0 unspecified atom stereocenters. The lowest BCUT2D eigenvalue weighted by Gasteiger charge is -2.43. The minimum Gasteiger partial charge on any atom is -0.288 e. The Kier molecular flexibility index (Phi) is 6.99. The summed E-state index contributed by atoms with van der Waals surface area (Å²) in [6.45, 7) is 8.69. The fourth-order valence-electron chi connectivity index (χ4n) is 5.75. The van der Waals surface area contributed by atoms with Gasteiger partial charge < -0.3 is 0 Å². The third-order valence-electron chi connectivity index (χ3n) is 7.87. The summed E-state index contributed by atoms with van der Waals surface area (Å²) in [5, 5.41) is 4.99. The molecule has 0 saturated heterocycles. The van der Waals surface area contributed by atoms with E-state index >= 15 is 0 Å². The van der Waals surface area contributed by atoms with E-state index in [4.69, 9.17) is 4.99 Å². The highest BCUT2D eigenvalue weighted by Crippen LogP contribution is 2.50. The first-order chi connectivity index (χ1) is 17.4.